The molecular weight excluding hydrogens is 214 g/mol. The molecule has 1 rings (SSSR count). The van der Waals surface area contributed by atoms with Gasteiger partial charge in [0.1, 0.15) is 5.75 Å². The van der Waals surface area contributed by atoms with E-state index in [2.05, 4.69) is 0 Å². The van der Waals surface area contributed by atoms with Crippen molar-refractivity contribution in [3.63, 3.8) is 0 Å². The van der Waals surface area contributed by atoms with Gasteiger partial charge in [-0.15, -0.1) is 11.6 Å². The van der Waals surface area contributed by atoms with E-state index in [4.69, 9.17) is 16.3 Å². The number of benzene rings is 1. The van der Waals surface area contributed by atoms with Crippen LogP contribution in [-0.4, -0.2) is 25.9 Å². The second kappa shape index (κ2) is 5.61. The molecule has 0 aliphatic carbocycles. The minimum Gasteiger partial charge on any atom is -0.497 e. The van der Waals surface area contributed by atoms with E-state index in [1.807, 2.05) is 24.3 Å². The van der Waals surface area contributed by atoms with Crippen molar-refractivity contribution < 1.29 is 9.53 Å². The van der Waals surface area contributed by atoms with Gasteiger partial charge in [-0.3, -0.25) is 4.79 Å². The van der Waals surface area contributed by atoms with Gasteiger partial charge in [0.25, 0.3) is 0 Å². The third kappa shape index (κ3) is 3.13. The summed E-state index contributed by atoms with van der Waals surface area (Å²) < 4.78 is 5.08. The van der Waals surface area contributed by atoms with E-state index in [1.165, 1.54) is 0 Å². The van der Waals surface area contributed by atoms with Gasteiger partial charge in [-0.05, 0) is 12.1 Å². The minimum atomic E-state index is -0.00162. The van der Waals surface area contributed by atoms with Gasteiger partial charge in [-0.2, -0.15) is 0 Å². The van der Waals surface area contributed by atoms with E-state index < -0.39 is 0 Å². The first kappa shape index (κ1) is 11.9. The van der Waals surface area contributed by atoms with E-state index in [9.17, 15) is 4.79 Å². The first-order valence-electron chi connectivity index (χ1n) is 4.65. The normalized spacial score (nSPS) is 9.80. The van der Waals surface area contributed by atoms with Crippen LogP contribution >= 0.6 is 11.6 Å². The summed E-state index contributed by atoms with van der Waals surface area (Å²) in [4.78, 5) is 13.1. The Kier molecular flexibility index (Phi) is 4.43. The number of methoxy groups -OCH3 is 1. The van der Waals surface area contributed by atoms with E-state index in [0.717, 1.165) is 11.4 Å². The fourth-order valence-corrected chi connectivity index (χ4v) is 1.37. The minimum absolute atomic E-state index is 0.00162. The SMILES string of the molecule is COc1cccc(N(C)C(=O)CCCl)c1. The topological polar surface area (TPSA) is 29.5 Å². The summed E-state index contributed by atoms with van der Waals surface area (Å²) in [7, 11) is 3.32. The largest absolute Gasteiger partial charge is 0.497 e. The Balaban J connectivity index is 2.81. The average Bonchev–Trinajstić information content (AvgIpc) is 2.28. The van der Waals surface area contributed by atoms with Crippen molar-refractivity contribution in [1.29, 1.82) is 0 Å². The Morgan fingerprint density at radius 3 is 2.87 bits per heavy atom. The van der Waals surface area contributed by atoms with Gasteiger partial charge in [0.15, 0.2) is 0 Å². The highest BCUT2D eigenvalue weighted by molar-refractivity contribution is 6.19. The first-order valence-corrected chi connectivity index (χ1v) is 5.19. The lowest BCUT2D eigenvalue weighted by Crippen LogP contribution is -2.26. The van der Waals surface area contributed by atoms with Crippen LogP contribution in [0.2, 0.25) is 0 Å². The predicted octanol–water partition coefficient (Wildman–Crippen LogP) is 2.29. The van der Waals surface area contributed by atoms with Crippen molar-refractivity contribution in [1.82, 2.24) is 0 Å². The molecule has 1 aromatic carbocycles. The average molecular weight is 228 g/mol. The van der Waals surface area contributed by atoms with E-state index in [-0.39, 0.29) is 5.91 Å². The van der Waals surface area contributed by atoms with Gasteiger partial charge in [-0.25, -0.2) is 0 Å². The van der Waals surface area contributed by atoms with Crippen LogP contribution in [0.5, 0.6) is 5.75 Å². The molecule has 1 amide bonds. The number of halogens is 1. The molecule has 0 radical (unpaired) electrons. The van der Waals surface area contributed by atoms with Crippen molar-refractivity contribution in [2.24, 2.45) is 0 Å². The smallest absolute Gasteiger partial charge is 0.227 e. The zero-order chi connectivity index (χ0) is 11.3. The molecule has 0 aromatic heterocycles. The van der Waals surface area contributed by atoms with Crippen molar-refractivity contribution in [3.8, 4) is 5.75 Å². The number of hydrogen-bond acceptors (Lipinski definition) is 2. The second-order valence-electron chi connectivity index (χ2n) is 3.09. The van der Waals surface area contributed by atoms with Crippen molar-refractivity contribution in [2.75, 3.05) is 24.9 Å². The quantitative estimate of drug-likeness (QED) is 0.739. The fraction of sp³-hybridized carbons (Fsp3) is 0.364. The molecule has 0 heterocycles. The highest BCUT2D eigenvalue weighted by atomic mass is 35.5. The third-order valence-electron chi connectivity index (χ3n) is 2.12. The summed E-state index contributed by atoms with van der Waals surface area (Å²) >= 11 is 5.51. The number of hydrogen-bond donors (Lipinski definition) is 0. The Labute approximate surface area is 94.6 Å². The molecule has 1 aromatic rings. The lowest BCUT2D eigenvalue weighted by atomic mass is 10.2. The lowest BCUT2D eigenvalue weighted by molar-refractivity contribution is -0.117. The Bertz CT molecular complexity index is 341. The Morgan fingerprint density at radius 2 is 2.27 bits per heavy atom. The van der Waals surface area contributed by atoms with Crippen LogP contribution in [0.15, 0.2) is 24.3 Å². The van der Waals surface area contributed by atoms with E-state index in [0.29, 0.717) is 12.3 Å². The molecule has 0 saturated heterocycles. The number of anilines is 1. The molecule has 4 heteroatoms. The van der Waals surface area contributed by atoms with Crippen LogP contribution in [0.3, 0.4) is 0 Å². The van der Waals surface area contributed by atoms with Crippen LogP contribution in [0.25, 0.3) is 0 Å². The molecule has 15 heavy (non-hydrogen) atoms. The van der Waals surface area contributed by atoms with E-state index in [1.54, 1.807) is 19.1 Å². The van der Waals surface area contributed by atoms with Gasteiger partial charge in [0.05, 0.1) is 7.11 Å². The molecule has 0 saturated carbocycles. The van der Waals surface area contributed by atoms with Crippen LogP contribution in [0.1, 0.15) is 6.42 Å². The summed E-state index contributed by atoms with van der Waals surface area (Å²) in [6, 6.07) is 7.35. The summed E-state index contributed by atoms with van der Waals surface area (Å²) in [6.07, 6.45) is 0.343. The zero-order valence-electron chi connectivity index (χ0n) is 8.87. The maximum Gasteiger partial charge on any atom is 0.227 e. The van der Waals surface area contributed by atoms with Crippen LogP contribution in [0, 0.1) is 0 Å². The molecule has 3 nitrogen and oxygen atoms in total. The number of carbonyl (C=O) groups is 1. The predicted molar refractivity (Wildman–Crippen MR) is 61.7 cm³/mol. The zero-order valence-corrected chi connectivity index (χ0v) is 9.62. The molecule has 0 N–H and O–H groups in total. The number of rotatable bonds is 4. The van der Waals surface area contributed by atoms with Crippen LogP contribution in [-0.2, 0) is 4.79 Å². The molecule has 0 aliphatic heterocycles. The summed E-state index contributed by atoms with van der Waals surface area (Å²) in [6.45, 7) is 0. The molecule has 0 spiro atoms. The Morgan fingerprint density at radius 1 is 1.53 bits per heavy atom. The maximum atomic E-state index is 11.5. The molecular formula is C11H14ClNO2. The summed E-state index contributed by atoms with van der Waals surface area (Å²) in [5, 5.41) is 0. The number of nitrogens with zero attached hydrogens (tertiary/aromatic N) is 1. The summed E-state index contributed by atoms with van der Waals surface area (Å²) in [5.74, 6) is 1.07. The second-order valence-corrected chi connectivity index (χ2v) is 3.47. The van der Waals surface area contributed by atoms with Gasteiger partial charge < -0.3 is 9.64 Å². The highest BCUT2D eigenvalue weighted by Crippen LogP contribution is 2.20. The maximum absolute atomic E-state index is 11.5. The first-order chi connectivity index (χ1) is 7.19. The number of alkyl halides is 1. The number of carbonyl (C=O) groups excluding carboxylic acids is 1. The number of amides is 1. The lowest BCUT2D eigenvalue weighted by Gasteiger charge is -2.17. The van der Waals surface area contributed by atoms with E-state index >= 15 is 0 Å². The molecule has 0 atom stereocenters. The molecule has 0 unspecified atom stereocenters. The van der Waals surface area contributed by atoms with Gasteiger partial charge in [0.2, 0.25) is 5.91 Å². The Hall–Kier alpha value is -1.22. The molecule has 82 valence electrons. The van der Waals surface area contributed by atoms with Gasteiger partial charge in [-0.1, -0.05) is 6.07 Å². The standard InChI is InChI=1S/C11H14ClNO2/c1-13(11(14)6-7-12)9-4-3-5-10(8-9)15-2/h3-5,8H,6-7H2,1-2H3. The summed E-state index contributed by atoms with van der Waals surface area (Å²) in [5.41, 5.74) is 0.810. The highest BCUT2D eigenvalue weighted by Gasteiger charge is 2.10. The van der Waals surface area contributed by atoms with Crippen LogP contribution < -0.4 is 9.64 Å². The van der Waals surface area contributed by atoms with Gasteiger partial charge >= 0.3 is 0 Å². The molecule has 0 aliphatic rings. The van der Waals surface area contributed by atoms with Crippen molar-refractivity contribution in [3.05, 3.63) is 24.3 Å². The third-order valence-corrected chi connectivity index (χ3v) is 2.31. The molecule has 0 fully saturated rings. The van der Waals surface area contributed by atoms with Crippen LogP contribution in [0.4, 0.5) is 5.69 Å². The van der Waals surface area contributed by atoms with Crippen molar-refractivity contribution in [2.45, 2.75) is 6.42 Å². The molecule has 0 bridgehead atoms. The van der Waals surface area contributed by atoms with Gasteiger partial charge in [0, 0.05) is 31.1 Å². The fourth-order valence-electron chi connectivity index (χ4n) is 1.21. The monoisotopic (exact) mass is 227 g/mol. The van der Waals surface area contributed by atoms with Crippen molar-refractivity contribution >= 4 is 23.2 Å². The number of ether oxygens (including phenoxy) is 1.